The molecule has 0 aliphatic heterocycles. The topological polar surface area (TPSA) is 0 Å². The first-order valence-electron chi connectivity index (χ1n) is 8.62. The van der Waals surface area contributed by atoms with Crippen molar-refractivity contribution >= 4 is 85.7 Å². The third kappa shape index (κ3) is 2.37. The van der Waals surface area contributed by atoms with Gasteiger partial charge in [-0.15, -0.1) is 45.3 Å². The van der Waals surface area contributed by atoms with Gasteiger partial charge in [0.2, 0.25) is 0 Å². The molecule has 0 bridgehead atoms. The molecular weight excluding hydrogens is 393 g/mol. The molecule has 4 heteroatoms. The van der Waals surface area contributed by atoms with Crippen LogP contribution in [-0.2, 0) is 12.8 Å². The number of hydrogen-bond donors (Lipinski definition) is 0. The van der Waals surface area contributed by atoms with Crippen LogP contribution in [0.15, 0.2) is 59.3 Å². The van der Waals surface area contributed by atoms with E-state index in [0.717, 1.165) is 12.8 Å². The highest BCUT2D eigenvalue weighted by Crippen LogP contribution is 2.37. The van der Waals surface area contributed by atoms with Crippen LogP contribution in [-0.4, -0.2) is 0 Å². The minimum Gasteiger partial charge on any atom is -0.144 e. The minimum absolute atomic E-state index is 1.13. The fourth-order valence-electron chi connectivity index (χ4n) is 3.72. The first-order valence-corrected chi connectivity index (χ1v) is 12.0. The summed E-state index contributed by atoms with van der Waals surface area (Å²) in [4.78, 5) is 2.99. The second-order valence-corrected chi connectivity index (χ2v) is 10.8. The van der Waals surface area contributed by atoms with Gasteiger partial charge in [-0.2, -0.15) is 0 Å². The molecule has 0 N–H and O–H groups in total. The largest absolute Gasteiger partial charge is 0.144 e. The maximum Gasteiger partial charge on any atom is 0.0352 e. The van der Waals surface area contributed by atoms with Crippen LogP contribution in [0.4, 0.5) is 0 Å². The Labute approximate surface area is 167 Å². The summed E-state index contributed by atoms with van der Waals surface area (Å²) in [5.41, 5.74) is 0. The Kier molecular flexibility index (Phi) is 3.48. The molecule has 4 heterocycles. The van der Waals surface area contributed by atoms with E-state index in [2.05, 4.69) is 59.3 Å². The first kappa shape index (κ1) is 15.3. The molecule has 126 valence electrons. The van der Waals surface area contributed by atoms with Crippen molar-refractivity contribution < 1.29 is 0 Å². The number of benzene rings is 2. The van der Waals surface area contributed by atoms with E-state index in [9.17, 15) is 0 Å². The standard InChI is InChI=1S/C22H14S4/c1(13-11-17-15-7-9-23-19(15)3-5-21(17)25-13)2-14-12-18-16-8-10-24-20(16)4-6-22(18)26-14/h3-12H,1-2H2. The van der Waals surface area contributed by atoms with Crippen LogP contribution in [0.3, 0.4) is 0 Å². The molecule has 0 spiro atoms. The van der Waals surface area contributed by atoms with E-state index in [1.807, 2.05) is 45.3 Å². The molecular formula is C22H14S4. The molecule has 0 fully saturated rings. The Hall–Kier alpha value is -1.72. The average Bonchev–Trinajstić information content (AvgIpc) is 3.43. The summed E-state index contributed by atoms with van der Waals surface area (Å²) in [6, 6.07) is 18.5. The van der Waals surface area contributed by atoms with Gasteiger partial charge >= 0.3 is 0 Å². The van der Waals surface area contributed by atoms with Gasteiger partial charge in [-0.1, -0.05) is 0 Å². The van der Waals surface area contributed by atoms with Gasteiger partial charge in [0.25, 0.3) is 0 Å². The van der Waals surface area contributed by atoms with E-state index in [1.54, 1.807) is 0 Å². The number of fused-ring (bicyclic) bond motifs is 6. The third-order valence-corrected chi connectivity index (χ3v) is 9.07. The fourth-order valence-corrected chi connectivity index (χ4v) is 7.49. The zero-order chi connectivity index (χ0) is 17.1. The van der Waals surface area contributed by atoms with Crippen molar-refractivity contribution in [2.45, 2.75) is 12.8 Å². The smallest absolute Gasteiger partial charge is 0.0352 e. The van der Waals surface area contributed by atoms with Crippen molar-refractivity contribution in [2.24, 2.45) is 0 Å². The maximum absolute atomic E-state index is 2.42. The molecule has 0 nitrogen and oxygen atoms in total. The molecule has 26 heavy (non-hydrogen) atoms. The van der Waals surface area contributed by atoms with E-state index < -0.39 is 0 Å². The predicted molar refractivity (Wildman–Crippen MR) is 122 cm³/mol. The molecule has 2 aromatic carbocycles. The van der Waals surface area contributed by atoms with Crippen LogP contribution in [0.5, 0.6) is 0 Å². The van der Waals surface area contributed by atoms with Gasteiger partial charge in [-0.3, -0.25) is 0 Å². The van der Waals surface area contributed by atoms with E-state index in [1.165, 1.54) is 50.1 Å². The third-order valence-electron chi connectivity index (χ3n) is 4.98. The Bertz CT molecular complexity index is 1280. The lowest BCUT2D eigenvalue weighted by Gasteiger charge is -1.94. The van der Waals surface area contributed by atoms with Crippen molar-refractivity contribution in [1.29, 1.82) is 0 Å². The Morgan fingerprint density at radius 1 is 0.500 bits per heavy atom. The van der Waals surface area contributed by atoms with E-state index >= 15 is 0 Å². The SMILES string of the molecule is c1cc2c(ccc3sc(CCc4cc5c(ccc6sccc65)s4)cc32)s1. The van der Waals surface area contributed by atoms with Crippen LogP contribution < -0.4 is 0 Å². The zero-order valence-electron chi connectivity index (χ0n) is 13.8. The van der Waals surface area contributed by atoms with Crippen LogP contribution in [0, 0.1) is 0 Å². The molecule has 0 radical (unpaired) electrons. The first-order chi connectivity index (χ1) is 12.8. The van der Waals surface area contributed by atoms with Gasteiger partial charge in [-0.25, -0.2) is 0 Å². The van der Waals surface area contributed by atoms with Crippen molar-refractivity contribution in [3.63, 3.8) is 0 Å². The Morgan fingerprint density at radius 2 is 0.962 bits per heavy atom. The minimum atomic E-state index is 1.13. The lowest BCUT2D eigenvalue weighted by atomic mass is 10.1. The molecule has 6 aromatic rings. The highest BCUT2D eigenvalue weighted by Gasteiger charge is 2.09. The number of thiophene rings is 4. The highest BCUT2D eigenvalue weighted by atomic mass is 32.1. The summed E-state index contributed by atoms with van der Waals surface area (Å²) in [7, 11) is 0. The Morgan fingerprint density at radius 3 is 1.46 bits per heavy atom. The molecule has 0 aliphatic rings. The summed E-state index contributed by atoms with van der Waals surface area (Å²) in [5.74, 6) is 0. The van der Waals surface area contributed by atoms with E-state index in [-0.39, 0.29) is 0 Å². The summed E-state index contributed by atoms with van der Waals surface area (Å²) in [6.45, 7) is 0. The van der Waals surface area contributed by atoms with E-state index in [4.69, 9.17) is 0 Å². The molecule has 0 atom stereocenters. The molecule has 0 aliphatic carbocycles. The maximum atomic E-state index is 2.42. The van der Waals surface area contributed by atoms with Crippen molar-refractivity contribution in [2.75, 3.05) is 0 Å². The van der Waals surface area contributed by atoms with Gasteiger partial charge in [0.05, 0.1) is 0 Å². The van der Waals surface area contributed by atoms with Crippen LogP contribution in [0.1, 0.15) is 9.75 Å². The molecule has 6 rings (SSSR count). The summed E-state index contributed by atoms with van der Waals surface area (Å²) in [5, 5.41) is 10.1. The predicted octanol–water partition coefficient (Wildman–Crippen LogP) is 8.33. The molecule has 0 saturated carbocycles. The summed E-state index contributed by atoms with van der Waals surface area (Å²) in [6.07, 6.45) is 2.26. The van der Waals surface area contributed by atoms with Crippen LogP contribution in [0.2, 0.25) is 0 Å². The van der Waals surface area contributed by atoms with Crippen LogP contribution >= 0.6 is 45.3 Å². The number of rotatable bonds is 3. The van der Waals surface area contributed by atoms with Gasteiger partial charge in [-0.05, 0) is 72.1 Å². The van der Waals surface area contributed by atoms with Crippen molar-refractivity contribution in [3.05, 3.63) is 69.0 Å². The number of hydrogen-bond acceptors (Lipinski definition) is 4. The summed E-state index contributed by atoms with van der Waals surface area (Å²) >= 11 is 7.58. The Balaban J connectivity index is 1.34. The van der Waals surface area contributed by atoms with Gasteiger partial charge in [0, 0.05) is 50.1 Å². The van der Waals surface area contributed by atoms with Gasteiger partial charge in [0.1, 0.15) is 0 Å². The average molecular weight is 407 g/mol. The lowest BCUT2D eigenvalue weighted by Crippen LogP contribution is -1.83. The summed E-state index contributed by atoms with van der Waals surface area (Å²) < 4.78 is 5.63. The highest BCUT2D eigenvalue weighted by molar-refractivity contribution is 7.21. The molecule has 0 amide bonds. The molecule has 4 aromatic heterocycles. The normalized spacial score (nSPS) is 12.2. The van der Waals surface area contributed by atoms with E-state index in [0.29, 0.717) is 0 Å². The monoisotopic (exact) mass is 406 g/mol. The molecule has 0 unspecified atom stereocenters. The quantitative estimate of drug-likeness (QED) is 0.277. The van der Waals surface area contributed by atoms with Gasteiger partial charge in [0.15, 0.2) is 0 Å². The lowest BCUT2D eigenvalue weighted by molar-refractivity contribution is 1.01. The second kappa shape index (κ2) is 5.89. The fraction of sp³-hybridized carbons (Fsp3) is 0.0909. The molecule has 0 saturated heterocycles. The zero-order valence-corrected chi connectivity index (χ0v) is 17.1. The van der Waals surface area contributed by atoms with Crippen LogP contribution in [0.25, 0.3) is 40.3 Å². The van der Waals surface area contributed by atoms with Crippen molar-refractivity contribution in [1.82, 2.24) is 0 Å². The second-order valence-electron chi connectivity index (χ2n) is 6.54. The van der Waals surface area contributed by atoms with Gasteiger partial charge < -0.3 is 0 Å². The van der Waals surface area contributed by atoms with Crippen molar-refractivity contribution in [3.8, 4) is 0 Å². The number of aryl methyl sites for hydroxylation is 2.